The number of urea groups is 1. The van der Waals surface area contributed by atoms with Crippen molar-refractivity contribution in [2.45, 2.75) is 58.1 Å². The number of rotatable bonds is 5. The number of nitrogens with one attached hydrogen (secondary N) is 1. The van der Waals surface area contributed by atoms with Gasteiger partial charge in [-0.2, -0.15) is 0 Å². The molecule has 1 aromatic carbocycles. The molecule has 0 aromatic heterocycles. The van der Waals surface area contributed by atoms with Crippen molar-refractivity contribution in [2.24, 2.45) is 5.41 Å². The van der Waals surface area contributed by atoms with Crippen LogP contribution in [0, 0.1) is 5.41 Å². The third-order valence-corrected chi connectivity index (χ3v) is 5.14. The second-order valence-corrected chi connectivity index (χ2v) is 8.49. The summed E-state index contributed by atoms with van der Waals surface area (Å²) >= 11 is 0. The Morgan fingerprint density at radius 3 is 2.53 bits per heavy atom. The van der Waals surface area contributed by atoms with E-state index in [2.05, 4.69) is 5.32 Å². The molecule has 2 fully saturated rings. The molecule has 3 rings (SSSR count). The molecule has 1 aromatic rings. The fourth-order valence-electron chi connectivity index (χ4n) is 3.55. The van der Waals surface area contributed by atoms with E-state index in [9.17, 15) is 24.3 Å². The van der Waals surface area contributed by atoms with Crippen molar-refractivity contribution >= 4 is 23.7 Å². The quantitative estimate of drug-likeness (QED) is 0.690. The first-order valence-corrected chi connectivity index (χ1v) is 9.80. The molecule has 0 spiro atoms. The summed E-state index contributed by atoms with van der Waals surface area (Å²) in [6, 6.07) is 6.66. The van der Waals surface area contributed by atoms with Crippen molar-refractivity contribution in [3.8, 4) is 0 Å². The van der Waals surface area contributed by atoms with Crippen LogP contribution in [0.3, 0.4) is 0 Å². The Balaban J connectivity index is 1.69. The largest absolute Gasteiger partial charge is 0.459 e. The average Bonchev–Trinajstić information content (AvgIpc) is 3.04. The number of carbonyl (C=O) groups is 4. The number of ketones is 1. The minimum Gasteiger partial charge on any atom is -0.459 e. The molecule has 0 saturated carbocycles. The van der Waals surface area contributed by atoms with Gasteiger partial charge in [-0.3, -0.25) is 19.8 Å². The minimum atomic E-state index is -1.01. The normalized spacial score (nSPS) is 27.0. The molecule has 0 radical (unpaired) electrons. The van der Waals surface area contributed by atoms with Crippen LogP contribution in [0.15, 0.2) is 30.3 Å². The number of aliphatic hydroxyl groups is 1. The average molecular weight is 418 g/mol. The van der Waals surface area contributed by atoms with Crippen LogP contribution in [0.4, 0.5) is 4.79 Å². The van der Waals surface area contributed by atoms with E-state index in [0.29, 0.717) is 5.56 Å². The van der Waals surface area contributed by atoms with Crippen LogP contribution in [0.25, 0.3) is 0 Å². The fraction of sp³-hybridized carbons (Fsp3) is 0.524. The van der Waals surface area contributed by atoms with E-state index in [1.807, 2.05) is 0 Å². The number of amides is 3. The Hall–Kier alpha value is -2.78. The van der Waals surface area contributed by atoms with Gasteiger partial charge in [0.15, 0.2) is 5.78 Å². The lowest BCUT2D eigenvalue weighted by molar-refractivity contribution is -0.143. The molecule has 9 heteroatoms. The number of carbonyl (C=O) groups excluding carboxylic acids is 4. The van der Waals surface area contributed by atoms with E-state index < -0.39 is 47.8 Å². The molecule has 0 aliphatic carbocycles. The minimum absolute atomic E-state index is 0.0308. The highest BCUT2D eigenvalue weighted by molar-refractivity contribution is 6.04. The van der Waals surface area contributed by atoms with E-state index in [-0.39, 0.29) is 25.2 Å². The van der Waals surface area contributed by atoms with E-state index in [1.54, 1.807) is 51.1 Å². The second-order valence-electron chi connectivity index (χ2n) is 8.49. The summed E-state index contributed by atoms with van der Waals surface area (Å²) in [5.41, 5.74) is -0.408. The summed E-state index contributed by atoms with van der Waals surface area (Å²) in [4.78, 5) is 50.5. The van der Waals surface area contributed by atoms with Gasteiger partial charge in [0.25, 0.3) is 0 Å². The fourth-order valence-corrected chi connectivity index (χ4v) is 3.55. The number of nitrogens with zero attached hydrogens (tertiary/aromatic N) is 1. The Kier molecular flexibility index (Phi) is 6.23. The number of hydrogen-bond acceptors (Lipinski definition) is 7. The van der Waals surface area contributed by atoms with E-state index >= 15 is 0 Å². The molecule has 30 heavy (non-hydrogen) atoms. The zero-order valence-corrected chi connectivity index (χ0v) is 17.2. The second kappa shape index (κ2) is 8.53. The molecule has 3 amide bonds. The van der Waals surface area contributed by atoms with Crippen LogP contribution in [0.5, 0.6) is 0 Å². The molecule has 2 saturated heterocycles. The summed E-state index contributed by atoms with van der Waals surface area (Å²) in [6.45, 7) is 4.92. The van der Waals surface area contributed by atoms with Crippen LogP contribution < -0.4 is 5.32 Å². The van der Waals surface area contributed by atoms with Crippen molar-refractivity contribution in [3.05, 3.63) is 35.9 Å². The van der Waals surface area contributed by atoms with Crippen LogP contribution in [-0.4, -0.2) is 64.8 Å². The predicted molar refractivity (Wildman–Crippen MR) is 104 cm³/mol. The number of Topliss-reactive ketones (excluding diaryl/α,β-unsaturated/α-hetero) is 1. The topological polar surface area (TPSA) is 122 Å². The van der Waals surface area contributed by atoms with Gasteiger partial charge in [-0.15, -0.1) is 0 Å². The third-order valence-electron chi connectivity index (χ3n) is 5.14. The van der Waals surface area contributed by atoms with Gasteiger partial charge >= 0.3 is 12.0 Å². The summed E-state index contributed by atoms with van der Waals surface area (Å²) in [5.74, 6) is -1.37. The van der Waals surface area contributed by atoms with Gasteiger partial charge in [-0.1, -0.05) is 39.0 Å². The summed E-state index contributed by atoms with van der Waals surface area (Å²) in [7, 11) is 0. The third kappa shape index (κ3) is 4.68. The van der Waals surface area contributed by atoms with Gasteiger partial charge in [0.2, 0.25) is 5.91 Å². The molecule has 2 aliphatic heterocycles. The van der Waals surface area contributed by atoms with E-state index in [0.717, 1.165) is 0 Å². The number of ether oxygens (including phenoxy) is 2. The molecule has 4 atom stereocenters. The molecule has 0 unspecified atom stereocenters. The standard InChI is InChI=1S/C21H26N2O7/c1-21(2,3)18(26)13-9-16(25)22-20(28)23(13)17-10-14(24)15(30-17)11-29-19(27)12-7-5-4-6-8-12/h4-8,13-15,17,24H,9-11H2,1-3H3,(H,22,25,28)/t13-,14+,15-,17-/m1/s1. The molecular weight excluding hydrogens is 392 g/mol. The lowest BCUT2D eigenvalue weighted by Crippen LogP contribution is -2.62. The van der Waals surface area contributed by atoms with Gasteiger partial charge in [0.05, 0.1) is 18.1 Å². The molecule has 162 valence electrons. The van der Waals surface area contributed by atoms with Crippen LogP contribution in [0.2, 0.25) is 0 Å². The zero-order chi connectivity index (χ0) is 22.1. The van der Waals surface area contributed by atoms with Crippen molar-refractivity contribution in [1.82, 2.24) is 10.2 Å². The molecule has 2 heterocycles. The van der Waals surface area contributed by atoms with E-state index in [1.165, 1.54) is 4.90 Å². The first kappa shape index (κ1) is 21.9. The lowest BCUT2D eigenvalue weighted by atomic mass is 9.84. The maximum atomic E-state index is 12.9. The summed E-state index contributed by atoms with van der Waals surface area (Å²) < 4.78 is 11.0. The number of aliphatic hydroxyl groups excluding tert-OH is 1. The highest BCUT2D eigenvalue weighted by atomic mass is 16.6. The Labute approximate surface area is 174 Å². The SMILES string of the molecule is CC(C)(C)C(=O)[C@H]1CC(=O)NC(=O)N1[C@H]1C[C@H](O)[C@@H](COC(=O)c2ccccc2)O1. The molecule has 2 N–H and O–H groups in total. The maximum absolute atomic E-state index is 12.9. The van der Waals surface area contributed by atoms with Gasteiger partial charge in [0.1, 0.15) is 25.0 Å². The number of imide groups is 1. The molecule has 9 nitrogen and oxygen atoms in total. The van der Waals surface area contributed by atoms with Crippen molar-refractivity contribution in [3.63, 3.8) is 0 Å². The lowest BCUT2D eigenvalue weighted by Gasteiger charge is -2.40. The van der Waals surface area contributed by atoms with E-state index in [4.69, 9.17) is 9.47 Å². The summed E-state index contributed by atoms with van der Waals surface area (Å²) in [5, 5.41) is 12.6. The van der Waals surface area contributed by atoms with Gasteiger partial charge in [-0.05, 0) is 12.1 Å². The Morgan fingerprint density at radius 1 is 1.23 bits per heavy atom. The molecular formula is C21H26N2O7. The molecule has 2 aliphatic rings. The predicted octanol–water partition coefficient (Wildman–Crippen LogP) is 1.24. The maximum Gasteiger partial charge on any atom is 0.338 e. The van der Waals surface area contributed by atoms with Gasteiger partial charge in [-0.25, -0.2) is 9.59 Å². The Bertz CT molecular complexity index is 834. The monoisotopic (exact) mass is 418 g/mol. The first-order valence-electron chi connectivity index (χ1n) is 9.80. The number of esters is 1. The molecule has 0 bridgehead atoms. The van der Waals surface area contributed by atoms with Gasteiger partial charge in [0, 0.05) is 11.8 Å². The van der Waals surface area contributed by atoms with Crippen LogP contribution in [-0.2, 0) is 19.1 Å². The van der Waals surface area contributed by atoms with Crippen molar-refractivity contribution < 1.29 is 33.8 Å². The Morgan fingerprint density at radius 2 is 1.90 bits per heavy atom. The summed E-state index contributed by atoms with van der Waals surface area (Å²) in [6.07, 6.45) is -2.94. The smallest absolute Gasteiger partial charge is 0.338 e. The van der Waals surface area contributed by atoms with Gasteiger partial charge < -0.3 is 14.6 Å². The van der Waals surface area contributed by atoms with Crippen LogP contribution in [0.1, 0.15) is 44.0 Å². The van der Waals surface area contributed by atoms with Crippen molar-refractivity contribution in [2.75, 3.05) is 6.61 Å². The highest BCUT2D eigenvalue weighted by Crippen LogP contribution is 2.31. The number of benzene rings is 1. The van der Waals surface area contributed by atoms with Crippen molar-refractivity contribution in [1.29, 1.82) is 0 Å². The van der Waals surface area contributed by atoms with Crippen LogP contribution >= 0.6 is 0 Å². The first-order chi connectivity index (χ1) is 14.1. The zero-order valence-electron chi connectivity index (χ0n) is 17.2. The number of hydrogen-bond donors (Lipinski definition) is 2. The highest BCUT2D eigenvalue weighted by Gasteiger charge is 2.48.